The first-order chi connectivity index (χ1) is 5.59. The van der Waals surface area contributed by atoms with Crippen LogP contribution in [0.3, 0.4) is 0 Å². The number of nitrogens with two attached hydrogens (primary N) is 1. The second-order valence-corrected chi connectivity index (χ2v) is 3.06. The molecule has 0 spiro atoms. The highest BCUT2D eigenvalue weighted by Crippen LogP contribution is 2.09. The summed E-state index contributed by atoms with van der Waals surface area (Å²) in [6.45, 7) is 4.02. The van der Waals surface area contributed by atoms with Crippen LogP contribution in [0.25, 0.3) is 0 Å². The molecule has 0 aliphatic heterocycles. The van der Waals surface area contributed by atoms with Crippen LogP contribution in [0.2, 0.25) is 0 Å². The molecular formula is C8H14N4. The number of hydrogen-bond acceptors (Lipinski definition) is 2. The zero-order valence-corrected chi connectivity index (χ0v) is 7.65. The maximum absolute atomic E-state index is 5.67. The van der Waals surface area contributed by atoms with E-state index in [1.807, 2.05) is 27.1 Å². The molecule has 4 heteroatoms. The van der Waals surface area contributed by atoms with Crippen LogP contribution in [-0.2, 0) is 7.05 Å². The number of amidine groups is 1. The van der Waals surface area contributed by atoms with Crippen molar-refractivity contribution in [1.82, 2.24) is 9.78 Å². The quantitative estimate of drug-likeness (QED) is 0.527. The first kappa shape index (κ1) is 8.77. The van der Waals surface area contributed by atoms with E-state index in [1.54, 1.807) is 10.9 Å². The summed E-state index contributed by atoms with van der Waals surface area (Å²) >= 11 is 0. The lowest BCUT2D eigenvalue weighted by atomic mass is 10.2. The molecule has 0 aliphatic carbocycles. The van der Waals surface area contributed by atoms with Crippen molar-refractivity contribution in [2.75, 3.05) is 0 Å². The molecule has 0 aliphatic rings. The van der Waals surface area contributed by atoms with Crippen LogP contribution in [0.1, 0.15) is 13.8 Å². The summed E-state index contributed by atoms with van der Waals surface area (Å²) in [7, 11) is 1.85. The molecule has 66 valence electrons. The average molecular weight is 166 g/mol. The van der Waals surface area contributed by atoms with E-state index in [0.29, 0.717) is 5.84 Å². The van der Waals surface area contributed by atoms with Gasteiger partial charge in [-0.15, -0.1) is 0 Å². The number of nitrogens with zero attached hydrogens (tertiary/aromatic N) is 3. The third-order valence-electron chi connectivity index (χ3n) is 1.54. The van der Waals surface area contributed by atoms with Gasteiger partial charge in [0.15, 0.2) is 0 Å². The van der Waals surface area contributed by atoms with Gasteiger partial charge in [0.2, 0.25) is 0 Å². The van der Waals surface area contributed by atoms with E-state index in [9.17, 15) is 0 Å². The molecule has 4 nitrogen and oxygen atoms in total. The van der Waals surface area contributed by atoms with Crippen molar-refractivity contribution in [2.45, 2.75) is 13.8 Å². The maximum atomic E-state index is 5.67. The van der Waals surface area contributed by atoms with Crippen LogP contribution >= 0.6 is 0 Å². The normalized spacial score (nSPS) is 12.5. The van der Waals surface area contributed by atoms with Gasteiger partial charge >= 0.3 is 0 Å². The Morgan fingerprint density at radius 3 is 2.75 bits per heavy atom. The van der Waals surface area contributed by atoms with Crippen LogP contribution in [0.15, 0.2) is 17.4 Å². The van der Waals surface area contributed by atoms with Gasteiger partial charge in [-0.25, -0.2) is 4.99 Å². The summed E-state index contributed by atoms with van der Waals surface area (Å²) in [5, 5.41) is 3.98. The Morgan fingerprint density at radius 1 is 1.67 bits per heavy atom. The minimum atomic E-state index is 0.283. The molecule has 0 saturated heterocycles. The third-order valence-corrected chi connectivity index (χ3v) is 1.54. The molecule has 0 amide bonds. The van der Waals surface area contributed by atoms with Gasteiger partial charge in [-0.2, -0.15) is 5.10 Å². The van der Waals surface area contributed by atoms with Crippen molar-refractivity contribution in [3.63, 3.8) is 0 Å². The Labute approximate surface area is 72.1 Å². The number of aliphatic imine (C=N–C) groups is 1. The van der Waals surface area contributed by atoms with Crippen molar-refractivity contribution >= 4 is 11.5 Å². The Hall–Kier alpha value is -1.32. The second-order valence-electron chi connectivity index (χ2n) is 3.06. The molecule has 0 radical (unpaired) electrons. The van der Waals surface area contributed by atoms with Crippen LogP contribution < -0.4 is 5.73 Å². The van der Waals surface area contributed by atoms with Gasteiger partial charge in [0.1, 0.15) is 11.5 Å². The lowest BCUT2D eigenvalue weighted by Gasteiger charge is -2.01. The zero-order valence-electron chi connectivity index (χ0n) is 7.65. The number of aromatic nitrogens is 2. The van der Waals surface area contributed by atoms with Gasteiger partial charge in [0, 0.05) is 13.0 Å². The highest BCUT2D eigenvalue weighted by atomic mass is 15.2. The minimum Gasteiger partial charge on any atom is -0.387 e. The second kappa shape index (κ2) is 3.38. The zero-order chi connectivity index (χ0) is 9.14. The molecule has 2 N–H and O–H groups in total. The SMILES string of the molecule is CC(C)C(N)=Nc1cnn(C)c1. The Balaban J connectivity index is 2.80. The van der Waals surface area contributed by atoms with Gasteiger partial charge in [-0.05, 0) is 0 Å². The van der Waals surface area contributed by atoms with Gasteiger partial charge in [-0.1, -0.05) is 13.8 Å². The molecule has 0 unspecified atom stereocenters. The van der Waals surface area contributed by atoms with Crippen LogP contribution in [-0.4, -0.2) is 15.6 Å². The maximum Gasteiger partial charge on any atom is 0.103 e. The van der Waals surface area contributed by atoms with Crippen LogP contribution in [0.4, 0.5) is 5.69 Å². The fourth-order valence-corrected chi connectivity index (χ4v) is 0.744. The highest BCUT2D eigenvalue weighted by molar-refractivity contribution is 5.84. The predicted octanol–water partition coefficient (Wildman–Crippen LogP) is 1.06. The third kappa shape index (κ3) is 2.08. The Bertz CT molecular complexity index is 285. The van der Waals surface area contributed by atoms with E-state index in [2.05, 4.69) is 10.1 Å². The Kier molecular flexibility index (Phi) is 2.47. The molecule has 12 heavy (non-hydrogen) atoms. The lowest BCUT2D eigenvalue weighted by Crippen LogP contribution is -2.17. The van der Waals surface area contributed by atoms with Crippen molar-refractivity contribution in [1.29, 1.82) is 0 Å². The molecular weight excluding hydrogens is 152 g/mol. The van der Waals surface area contributed by atoms with E-state index in [-0.39, 0.29) is 5.92 Å². The average Bonchev–Trinajstić information content (AvgIpc) is 2.35. The first-order valence-electron chi connectivity index (χ1n) is 3.92. The van der Waals surface area contributed by atoms with E-state index in [4.69, 9.17) is 5.73 Å². The minimum absolute atomic E-state index is 0.283. The van der Waals surface area contributed by atoms with Gasteiger partial charge in [0.05, 0.1) is 12.4 Å². The van der Waals surface area contributed by atoms with Gasteiger partial charge in [-0.3, -0.25) is 4.68 Å². The molecule has 0 fully saturated rings. The number of rotatable bonds is 2. The van der Waals surface area contributed by atoms with Gasteiger partial charge < -0.3 is 5.73 Å². The molecule has 0 aromatic carbocycles. The lowest BCUT2D eigenvalue weighted by molar-refractivity contribution is 0.768. The van der Waals surface area contributed by atoms with Crippen molar-refractivity contribution in [2.24, 2.45) is 23.7 Å². The molecule has 1 rings (SSSR count). The molecule has 1 aromatic rings. The smallest absolute Gasteiger partial charge is 0.103 e. The number of hydrogen-bond donors (Lipinski definition) is 1. The van der Waals surface area contributed by atoms with E-state index in [1.165, 1.54) is 0 Å². The van der Waals surface area contributed by atoms with E-state index in [0.717, 1.165) is 5.69 Å². The molecule has 0 atom stereocenters. The summed E-state index contributed by atoms with van der Waals surface area (Å²) in [4.78, 5) is 4.19. The first-order valence-corrected chi connectivity index (χ1v) is 3.92. The molecule has 1 heterocycles. The van der Waals surface area contributed by atoms with Crippen molar-refractivity contribution in [3.8, 4) is 0 Å². The van der Waals surface area contributed by atoms with Crippen LogP contribution in [0, 0.1) is 5.92 Å². The van der Waals surface area contributed by atoms with Gasteiger partial charge in [0.25, 0.3) is 0 Å². The van der Waals surface area contributed by atoms with E-state index >= 15 is 0 Å². The van der Waals surface area contributed by atoms with Crippen molar-refractivity contribution in [3.05, 3.63) is 12.4 Å². The molecule has 1 aromatic heterocycles. The number of aryl methyl sites for hydroxylation is 1. The van der Waals surface area contributed by atoms with Crippen LogP contribution in [0.5, 0.6) is 0 Å². The topological polar surface area (TPSA) is 56.2 Å². The summed E-state index contributed by atoms with van der Waals surface area (Å²) in [6.07, 6.45) is 3.52. The fourth-order valence-electron chi connectivity index (χ4n) is 0.744. The standard InChI is InChI=1S/C8H14N4/c1-6(2)8(9)11-7-4-10-12(3)5-7/h4-6H,1-3H3,(H2,9,11). The largest absolute Gasteiger partial charge is 0.387 e. The molecule has 0 saturated carbocycles. The Morgan fingerprint density at radius 2 is 2.33 bits per heavy atom. The fraction of sp³-hybridized carbons (Fsp3) is 0.500. The monoisotopic (exact) mass is 166 g/mol. The summed E-state index contributed by atoms with van der Waals surface area (Å²) in [6, 6.07) is 0. The highest BCUT2D eigenvalue weighted by Gasteiger charge is 1.99. The van der Waals surface area contributed by atoms with Crippen molar-refractivity contribution < 1.29 is 0 Å². The van der Waals surface area contributed by atoms with E-state index < -0.39 is 0 Å². The summed E-state index contributed by atoms with van der Waals surface area (Å²) < 4.78 is 1.70. The summed E-state index contributed by atoms with van der Waals surface area (Å²) in [5.74, 6) is 0.924. The summed E-state index contributed by atoms with van der Waals surface area (Å²) in [5.41, 5.74) is 6.48. The molecule has 0 bridgehead atoms. The predicted molar refractivity (Wildman–Crippen MR) is 49.3 cm³/mol.